The Morgan fingerprint density at radius 2 is 2.05 bits per heavy atom. The Bertz CT molecular complexity index is 577. The number of rotatable bonds is 1. The van der Waals surface area contributed by atoms with Crippen molar-refractivity contribution in [2.75, 3.05) is 11.4 Å². The summed E-state index contributed by atoms with van der Waals surface area (Å²) in [5, 5.41) is 1.73. The van der Waals surface area contributed by atoms with Crippen molar-refractivity contribution in [3.05, 3.63) is 22.8 Å². The molecule has 0 bridgehead atoms. The first-order chi connectivity index (χ1) is 9.18. The average Bonchev–Trinajstić information content (AvgIpc) is 2.32. The molecule has 2 rings (SSSR count). The highest BCUT2D eigenvalue weighted by atomic mass is 35.5. The Kier molecular flexibility index (Phi) is 3.59. The maximum absolute atomic E-state index is 12.7. The maximum atomic E-state index is 12.7. The number of nitrogens with zero attached hydrogens (tertiary/aromatic N) is 2. The molecule has 1 saturated heterocycles. The van der Waals surface area contributed by atoms with Gasteiger partial charge >= 0.3 is 6.18 Å². The molecule has 0 aliphatic carbocycles. The number of halogens is 4. The molecule has 1 aliphatic heterocycles. The monoisotopic (exact) mass is 307 g/mol. The van der Waals surface area contributed by atoms with Crippen molar-refractivity contribution < 1.29 is 22.8 Å². The number of imide groups is 1. The molecule has 1 aromatic rings. The molecule has 0 radical (unpaired) electrons. The quantitative estimate of drug-likeness (QED) is 0.632. The molecule has 1 atom stereocenters. The Labute approximate surface area is 116 Å². The molecule has 1 fully saturated rings. The molecule has 2 amide bonds. The van der Waals surface area contributed by atoms with Gasteiger partial charge in [0.15, 0.2) is 0 Å². The molecule has 20 heavy (non-hydrogen) atoms. The topological polar surface area (TPSA) is 62.3 Å². The first-order valence-electron chi connectivity index (χ1n) is 5.53. The van der Waals surface area contributed by atoms with E-state index in [1.165, 1.54) is 11.8 Å². The fraction of sp³-hybridized carbons (Fsp3) is 0.364. The van der Waals surface area contributed by atoms with Crippen molar-refractivity contribution in [1.29, 1.82) is 0 Å². The summed E-state index contributed by atoms with van der Waals surface area (Å²) in [6.45, 7) is 1.19. The van der Waals surface area contributed by atoms with Crippen LogP contribution in [0.2, 0.25) is 5.15 Å². The van der Waals surface area contributed by atoms with Gasteiger partial charge in [-0.1, -0.05) is 11.6 Å². The summed E-state index contributed by atoms with van der Waals surface area (Å²) in [6, 6.07) is 0.621. The second-order valence-electron chi connectivity index (χ2n) is 4.25. The van der Waals surface area contributed by atoms with Crippen LogP contribution in [0.25, 0.3) is 0 Å². The summed E-state index contributed by atoms with van der Waals surface area (Å²) >= 11 is 5.57. The number of carbonyl (C=O) groups is 2. The zero-order valence-corrected chi connectivity index (χ0v) is 10.9. The lowest BCUT2D eigenvalue weighted by Crippen LogP contribution is -2.57. The molecular formula is C11H9ClF3N3O2. The number of alkyl halides is 3. The minimum atomic E-state index is -4.59. The van der Waals surface area contributed by atoms with Crippen molar-refractivity contribution in [1.82, 2.24) is 10.3 Å². The molecule has 0 spiro atoms. The van der Waals surface area contributed by atoms with E-state index in [4.69, 9.17) is 11.6 Å². The number of nitrogens with one attached hydrogen (secondary N) is 1. The van der Waals surface area contributed by atoms with Gasteiger partial charge in [0.1, 0.15) is 17.0 Å². The van der Waals surface area contributed by atoms with Crippen LogP contribution in [0.4, 0.5) is 19.0 Å². The predicted molar refractivity (Wildman–Crippen MR) is 64.2 cm³/mol. The van der Waals surface area contributed by atoms with Gasteiger partial charge in [0, 0.05) is 0 Å². The summed E-state index contributed by atoms with van der Waals surface area (Å²) in [7, 11) is 0. The van der Waals surface area contributed by atoms with Gasteiger partial charge in [0.25, 0.3) is 0 Å². The molecule has 1 aliphatic rings. The Morgan fingerprint density at radius 1 is 1.40 bits per heavy atom. The van der Waals surface area contributed by atoms with E-state index < -0.39 is 29.6 Å². The van der Waals surface area contributed by atoms with Gasteiger partial charge in [-0.15, -0.1) is 0 Å². The van der Waals surface area contributed by atoms with Gasteiger partial charge < -0.3 is 4.90 Å². The number of carbonyl (C=O) groups excluding carboxylic acids is 2. The Balaban J connectivity index is 2.44. The first-order valence-corrected chi connectivity index (χ1v) is 5.91. The number of anilines is 1. The van der Waals surface area contributed by atoms with Crippen molar-refractivity contribution in [3.8, 4) is 0 Å². The van der Waals surface area contributed by atoms with Crippen LogP contribution in [-0.2, 0) is 15.8 Å². The van der Waals surface area contributed by atoms with Crippen LogP contribution in [0.1, 0.15) is 12.5 Å². The van der Waals surface area contributed by atoms with E-state index in [2.05, 4.69) is 10.3 Å². The van der Waals surface area contributed by atoms with Crippen molar-refractivity contribution in [2.24, 2.45) is 0 Å². The molecule has 0 saturated carbocycles. The van der Waals surface area contributed by atoms with Gasteiger partial charge in [0.2, 0.25) is 11.8 Å². The Morgan fingerprint density at radius 3 is 2.65 bits per heavy atom. The van der Waals surface area contributed by atoms with E-state index in [1.807, 2.05) is 0 Å². The fourth-order valence-electron chi connectivity index (χ4n) is 1.79. The number of hydrogen-bond acceptors (Lipinski definition) is 4. The van der Waals surface area contributed by atoms with E-state index in [-0.39, 0.29) is 17.5 Å². The number of aromatic nitrogens is 1. The SMILES string of the molecule is CC1C(=O)NC(=O)CN1c1cc(C(F)(F)F)cc(Cl)n1. The van der Waals surface area contributed by atoms with E-state index in [9.17, 15) is 22.8 Å². The lowest BCUT2D eigenvalue weighted by molar-refractivity contribution is -0.137. The predicted octanol–water partition coefficient (Wildman–Crippen LogP) is 1.61. The van der Waals surface area contributed by atoms with Gasteiger partial charge in [-0.25, -0.2) is 4.98 Å². The molecule has 2 heterocycles. The highest BCUT2D eigenvalue weighted by Crippen LogP contribution is 2.33. The number of pyridine rings is 1. The van der Waals surface area contributed by atoms with E-state index in [1.54, 1.807) is 0 Å². The van der Waals surface area contributed by atoms with Crippen LogP contribution in [-0.4, -0.2) is 29.4 Å². The zero-order chi connectivity index (χ0) is 15.1. The summed E-state index contributed by atoms with van der Waals surface area (Å²) in [5.74, 6) is -1.37. The van der Waals surface area contributed by atoms with E-state index in [0.29, 0.717) is 6.07 Å². The van der Waals surface area contributed by atoms with Crippen LogP contribution >= 0.6 is 11.6 Å². The van der Waals surface area contributed by atoms with Gasteiger partial charge in [-0.2, -0.15) is 13.2 Å². The third-order valence-electron chi connectivity index (χ3n) is 2.83. The van der Waals surface area contributed by atoms with Crippen LogP contribution in [0, 0.1) is 0 Å². The Hall–Kier alpha value is -1.83. The maximum Gasteiger partial charge on any atom is 0.416 e. The lowest BCUT2D eigenvalue weighted by atomic mass is 10.1. The van der Waals surface area contributed by atoms with Gasteiger partial charge in [-0.05, 0) is 19.1 Å². The number of piperazine rings is 1. The van der Waals surface area contributed by atoms with Crippen LogP contribution in [0.15, 0.2) is 12.1 Å². The smallest absolute Gasteiger partial charge is 0.335 e. The zero-order valence-electron chi connectivity index (χ0n) is 10.2. The molecule has 1 aromatic heterocycles. The highest BCUT2D eigenvalue weighted by Gasteiger charge is 2.35. The molecule has 1 unspecified atom stereocenters. The molecule has 9 heteroatoms. The molecule has 108 valence electrons. The third kappa shape index (κ3) is 2.84. The van der Waals surface area contributed by atoms with Crippen LogP contribution in [0.3, 0.4) is 0 Å². The minimum absolute atomic E-state index is 0.166. The van der Waals surface area contributed by atoms with Gasteiger partial charge in [-0.3, -0.25) is 14.9 Å². The normalized spacial score (nSPS) is 20.1. The molecule has 0 aromatic carbocycles. The minimum Gasteiger partial charge on any atom is -0.335 e. The summed E-state index contributed by atoms with van der Waals surface area (Å²) in [6.07, 6.45) is -4.59. The lowest BCUT2D eigenvalue weighted by Gasteiger charge is -2.32. The number of hydrogen-bond donors (Lipinski definition) is 1. The second-order valence-corrected chi connectivity index (χ2v) is 4.64. The first kappa shape index (κ1) is 14.6. The van der Waals surface area contributed by atoms with Crippen molar-refractivity contribution >= 4 is 29.2 Å². The fourth-order valence-corrected chi connectivity index (χ4v) is 1.99. The van der Waals surface area contributed by atoms with Crippen LogP contribution < -0.4 is 10.2 Å². The number of amides is 2. The summed E-state index contributed by atoms with van der Waals surface area (Å²) in [5.41, 5.74) is -0.988. The van der Waals surface area contributed by atoms with E-state index >= 15 is 0 Å². The summed E-state index contributed by atoms with van der Waals surface area (Å²) < 4.78 is 38.1. The highest BCUT2D eigenvalue weighted by molar-refractivity contribution is 6.29. The molecule has 5 nitrogen and oxygen atoms in total. The van der Waals surface area contributed by atoms with Crippen LogP contribution in [0.5, 0.6) is 0 Å². The third-order valence-corrected chi connectivity index (χ3v) is 3.02. The van der Waals surface area contributed by atoms with E-state index in [0.717, 1.165) is 6.07 Å². The van der Waals surface area contributed by atoms with Crippen molar-refractivity contribution in [2.45, 2.75) is 19.1 Å². The standard InChI is InChI=1S/C11H9ClF3N3O2/c1-5-10(20)17-9(19)4-18(5)8-3-6(11(13,14)15)2-7(12)16-8/h2-3,5H,4H2,1H3,(H,17,19,20). The van der Waals surface area contributed by atoms with Gasteiger partial charge in [0.05, 0.1) is 12.1 Å². The van der Waals surface area contributed by atoms with Crippen molar-refractivity contribution in [3.63, 3.8) is 0 Å². The molecular weight excluding hydrogens is 299 g/mol. The largest absolute Gasteiger partial charge is 0.416 e. The molecule has 1 N–H and O–H groups in total. The second kappa shape index (κ2) is 4.93. The average molecular weight is 308 g/mol. The summed E-state index contributed by atoms with van der Waals surface area (Å²) in [4.78, 5) is 27.7.